The van der Waals surface area contributed by atoms with E-state index in [-0.39, 0.29) is 6.10 Å². The molecular formula is C20H26N2O3. The molecular weight excluding hydrogens is 316 g/mol. The van der Waals surface area contributed by atoms with Gasteiger partial charge in [0.1, 0.15) is 11.5 Å². The van der Waals surface area contributed by atoms with E-state index in [0.717, 1.165) is 48.8 Å². The number of likely N-dealkylation sites (tertiary alicyclic amines) is 1. The first-order chi connectivity index (χ1) is 12.2. The molecule has 5 heteroatoms. The van der Waals surface area contributed by atoms with E-state index in [4.69, 9.17) is 14.0 Å². The zero-order valence-electron chi connectivity index (χ0n) is 15.1. The van der Waals surface area contributed by atoms with Gasteiger partial charge in [-0.2, -0.15) is 0 Å². The van der Waals surface area contributed by atoms with E-state index in [1.54, 1.807) is 14.2 Å². The highest BCUT2D eigenvalue weighted by atomic mass is 16.5. The molecule has 3 rings (SSSR count). The quantitative estimate of drug-likeness (QED) is 0.773. The Kier molecular flexibility index (Phi) is 5.89. The number of nitrogens with zero attached hydrogens (tertiary/aromatic N) is 2. The van der Waals surface area contributed by atoms with Crippen molar-refractivity contribution >= 4 is 6.08 Å². The molecule has 1 saturated heterocycles. The third-order valence-electron chi connectivity index (χ3n) is 4.70. The molecule has 5 nitrogen and oxygen atoms in total. The Hall–Kier alpha value is -2.11. The second-order valence-corrected chi connectivity index (χ2v) is 6.54. The predicted octanol–water partition coefficient (Wildman–Crippen LogP) is 3.19. The summed E-state index contributed by atoms with van der Waals surface area (Å²) in [6, 6.07) is 10.1. The minimum Gasteiger partial charge on any atom is -0.496 e. The van der Waals surface area contributed by atoms with Gasteiger partial charge in [-0.15, -0.1) is 0 Å². The van der Waals surface area contributed by atoms with E-state index in [0.29, 0.717) is 5.92 Å². The minimum atomic E-state index is 0.227. The first-order valence-corrected chi connectivity index (χ1v) is 8.66. The topological polar surface area (TPSA) is 47.7 Å². The summed E-state index contributed by atoms with van der Waals surface area (Å²) >= 11 is 0. The normalized spacial score (nSPS) is 21.2. The Bertz CT molecular complexity index is 710. The zero-order chi connectivity index (χ0) is 17.6. The molecule has 2 heterocycles. The van der Waals surface area contributed by atoms with Crippen LogP contribution in [0, 0.1) is 12.8 Å². The molecule has 0 saturated carbocycles. The molecule has 2 atom stereocenters. The molecule has 1 fully saturated rings. The molecule has 1 aliphatic heterocycles. The van der Waals surface area contributed by atoms with E-state index in [9.17, 15) is 0 Å². The molecule has 2 aromatic rings. The number of rotatable bonds is 7. The van der Waals surface area contributed by atoms with E-state index in [2.05, 4.69) is 28.3 Å². The van der Waals surface area contributed by atoms with Crippen molar-refractivity contribution in [2.75, 3.05) is 33.9 Å². The lowest BCUT2D eigenvalue weighted by atomic mass is 10.0. The summed E-state index contributed by atoms with van der Waals surface area (Å²) in [6.45, 7) is 4.77. The van der Waals surface area contributed by atoms with E-state index in [1.165, 1.54) is 0 Å². The van der Waals surface area contributed by atoms with Gasteiger partial charge >= 0.3 is 0 Å². The summed E-state index contributed by atoms with van der Waals surface area (Å²) in [5, 5.41) is 3.98. The zero-order valence-corrected chi connectivity index (χ0v) is 15.1. The minimum absolute atomic E-state index is 0.227. The molecule has 0 unspecified atom stereocenters. The van der Waals surface area contributed by atoms with Crippen molar-refractivity contribution in [3.63, 3.8) is 0 Å². The standard InChI is InChI=1S/C20H26N2O3/c1-15-11-18(25-21-15)12-17-13-22(14-20(17)24-3)10-6-8-16-7-4-5-9-19(16)23-2/h4-9,11,17,20H,10,12-14H2,1-3H3/t17-,20+/m1/s1. The maximum absolute atomic E-state index is 5.69. The second kappa shape index (κ2) is 8.32. The van der Waals surface area contributed by atoms with Crippen LogP contribution >= 0.6 is 0 Å². The summed E-state index contributed by atoms with van der Waals surface area (Å²) in [4.78, 5) is 2.41. The molecule has 0 bridgehead atoms. The van der Waals surface area contributed by atoms with Gasteiger partial charge in [-0.1, -0.05) is 35.5 Å². The van der Waals surface area contributed by atoms with Gasteiger partial charge in [0.05, 0.1) is 18.9 Å². The first-order valence-electron chi connectivity index (χ1n) is 8.66. The van der Waals surface area contributed by atoms with Crippen molar-refractivity contribution < 1.29 is 14.0 Å². The summed E-state index contributed by atoms with van der Waals surface area (Å²) in [7, 11) is 3.49. The van der Waals surface area contributed by atoms with Crippen molar-refractivity contribution in [1.29, 1.82) is 0 Å². The number of hydrogen-bond acceptors (Lipinski definition) is 5. The van der Waals surface area contributed by atoms with Crippen LogP contribution in [0.1, 0.15) is 17.0 Å². The number of aryl methyl sites for hydroxylation is 1. The highest BCUT2D eigenvalue weighted by Gasteiger charge is 2.33. The van der Waals surface area contributed by atoms with Crippen LogP contribution in [-0.2, 0) is 11.2 Å². The van der Waals surface area contributed by atoms with Crippen LogP contribution in [0.15, 0.2) is 40.9 Å². The monoisotopic (exact) mass is 342 g/mol. The van der Waals surface area contributed by atoms with E-state index < -0.39 is 0 Å². The number of ether oxygens (including phenoxy) is 2. The van der Waals surface area contributed by atoms with Crippen molar-refractivity contribution in [3.05, 3.63) is 53.4 Å². The van der Waals surface area contributed by atoms with E-state index >= 15 is 0 Å². The molecule has 0 spiro atoms. The van der Waals surface area contributed by atoms with Crippen molar-refractivity contribution in [1.82, 2.24) is 10.1 Å². The van der Waals surface area contributed by atoms with Crippen LogP contribution in [0.5, 0.6) is 5.75 Å². The van der Waals surface area contributed by atoms with Crippen LogP contribution in [0.4, 0.5) is 0 Å². The molecule has 0 aliphatic carbocycles. The Morgan fingerprint density at radius 3 is 2.84 bits per heavy atom. The van der Waals surface area contributed by atoms with Gasteiger partial charge in [0.25, 0.3) is 0 Å². The Balaban J connectivity index is 1.57. The summed E-state index contributed by atoms with van der Waals surface area (Å²) in [6.07, 6.45) is 5.40. The third-order valence-corrected chi connectivity index (χ3v) is 4.70. The molecule has 1 aromatic heterocycles. The lowest BCUT2D eigenvalue weighted by Gasteiger charge is -2.14. The van der Waals surface area contributed by atoms with Crippen molar-refractivity contribution in [3.8, 4) is 5.75 Å². The third kappa shape index (κ3) is 4.50. The molecule has 1 aliphatic rings. The number of hydrogen-bond donors (Lipinski definition) is 0. The van der Waals surface area contributed by atoms with Crippen LogP contribution in [-0.4, -0.2) is 50.0 Å². The molecule has 25 heavy (non-hydrogen) atoms. The van der Waals surface area contributed by atoms with Gasteiger partial charge in [0, 0.05) is 50.7 Å². The average Bonchev–Trinajstić information content (AvgIpc) is 3.21. The summed E-state index contributed by atoms with van der Waals surface area (Å²) in [5.41, 5.74) is 2.03. The molecule has 1 aromatic carbocycles. The molecule has 134 valence electrons. The van der Waals surface area contributed by atoms with Crippen LogP contribution in [0.2, 0.25) is 0 Å². The fourth-order valence-electron chi connectivity index (χ4n) is 3.44. The Morgan fingerprint density at radius 1 is 1.28 bits per heavy atom. The Morgan fingerprint density at radius 2 is 2.12 bits per heavy atom. The summed E-state index contributed by atoms with van der Waals surface area (Å²) < 4.78 is 16.4. The fourth-order valence-corrected chi connectivity index (χ4v) is 3.44. The number of para-hydroxylation sites is 1. The maximum Gasteiger partial charge on any atom is 0.137 e. The van der Waals surface area contributed by atoms with Crippen LogP contribution in [0.25, 0.3) is 6.08 Å². The van der Waals surface area contributed by atoms with Gasteiger partial charge < -0.3 is 14.0 Å². The van der Waals surface area contributed by atoms with Crippen molar-refractivity contribution in [2.45, 2.75) is 19.4 Å². The fraction of sp³-hybridized carbons (Fsp3) is 0.450. The summed E-state index contributed by atoms with van der Waals surface area (Å²) in [5.74, 6) is 2.27. The number of methoxy groups -OCH3 is 2. The SMILES string of the molecule is COc1ccccc1C=CCN1C[C@@H](Cc2cc(C)no2)[C@@H](OC)C1. The van der Waals surface area contributed by atoms with Gasteiger partial charge in [-0.25, -0.2) is 0 Å². The Labute approximate surface area is 149 Å². The van der Waals surface area contributed by atoms with Gasteiger partial charge in [-0.3, -0.25) is 4.90 Å². The van der Waals surface area contributed by atoms with Crippen LogP contribution < -0.4 is 4.74 Å². The average molecular weight is 342 g/mol. The van der Waals surface area contributed by atoms with Crippen molar-refractivity contribution in [2.24, 2.45) is 5.92 Å². The van der Waals surface area contributed by atoms with Gasteiger partial charge in [0.15, 0.2) is 0 Å². The lowest BCUT2D eigenvalue weighted by Crippen LogP contribution is -2.23. The molecule has 0 N–H and O–H groups in total. The highest BCUT2D eigenvalue weighted by Crippen LogP contribution is 2.24. The molecule has 0 radical (unpaired) electrons. The highest BCUT2D eigenvalue weighted by molar-refractivity contribution is 5.57. The molecule has 0 amide bonds. The number of aromatic nitrogens is 1. The lowest BCUT2D eigenvalue weighted by molar-refractivity contribution is 0.0770. The largest absolute Gasteiger partial charge is 0.496 e. The van der Waals surface area contributed by atoms with Crippen LogP contribution in [0.3, 0.4) is 0 Å². The second-order valence-electron chi connectivity index (χ2n) is 6.54. The first kappa shape index (κ1) is 17.7. The number of benzene rings is 1. The smallest absolute Gasteiger partial charge is 0.137 e. The maximum atomic E-state index is 5.69. The van der Waals surface area contributed by atoms with Gasteiger partial charge in [0.2, 0.25) is 0 Å². The van der Waals surface area contributed by atoms with E-state index in [1.807, 2.05) is 31.2 Å². The predicted molar refractivity (Wildman–Crippen MR) is 97.7 cm³/mol. The van der Waals surface area contributed by atoms with Gasteiger partial charge in [-0.05, 0) is 13.0 Å².